The Morgan fingerprint density at radius 3 is 2.45 bits per heavy atom. The maximum Gasteiger partial charge on any atom is 0.240 e. The van der Waals surface area contributed by atoms with E-state index in [-0.39, 0.29) is 24.9 Å². The van der Waals surface area contributed by atoms with Gasteiger partial charge in [0.05, 0.1) is 10.0 Å². The van der Waals surface area contributed by atoms with Gasteiger partial charge in [0.1, 0.15) is 0 Å². The third-order valence-corrected chi connectivity index (χ3v) is 4.17. The van der Waals surface area contributed by atoms with Crippen LogP contribution in [0.3, 0.4) is 0 Å². The number of halogens is 5. The van der Waals surface area contributed by atoms with Crippen LogP contribution in [0.5, 0.6) is 0 Å². The lowest BCUT2D eigenvalue weighted by molar-refractivity contribution is 0.0739. The summed E-state index contributed by atoms with van der Waals surface area (Å²) in [6.45, 7) is 3.08. The van der Waals surface area contributed by atoms with Crippen LogP contribution in [0.1, 0.15) is 18.0 Å². The van der Waals surface area contributed by atoms with Crippen LogP contribution in [0, 0.1) is 0 Å². The summed E-state index contributed by atoms with van der Waals surface area (Å²) in [5.41, 5.74) is 0.691. The van der Waals surface area contributed by atoms with E-state index in [9.17, 15) is 8.78 Å². The van der Waals surface area contributed by atoms with Gasteiger partial charge >= 0.3 is 0 Å². The maximum atomic E-state index is 12.8. The Labute approximate surface area is 133 Å². The molecule has 0 radical (unpaired) electrons. The molecule has 1 N–H and O–H groups in total. The highest BCUT2D eigenvalue weighted by molar-refractivity contribution is 6.42. The predicted octanol–water partition coefficient (Wildman–Crippen LogP) is 4.02. The van der Waals surface area contributed by atoms with Gasteiger partial charge in [0.2, 0.25) is 6.43 Å². The summed E-state index contributed by atoms with van der Waals surface area (Å²) in [7, 11) is 0. The Morgan fingerprint density at radius 1 is 1.20 bits per heavy atom. The van der Waals surface area contributed by atoms with E-state index in [0.29, 0.717) is 15.6 Å². The van der Waals surface area contributed by atoms with E-state index >= 15 is 0 Å². The number of piperazine rings is 1. The minimum Gasteiger partial charge on any atom is -0.314 e. The molecule has 0 spiro atoms. The molecule has 1 aliphatic heterocycles. The molecular formula is C13H17Cl3F2N2. The van der Waals surface area contributed by atoms with E-state index in [4.69, 9.17) is 23.2 Å². The van der Waals surface area contributed by atoms with Gasteiger partial charge in [0, 0.05) is 38.6 Å². The summed E-state index contributed by atoms with van der Waals surface area (Å²) in [5, 5.41) is 4.01. The zero-order chi connectivity index (χ0) is 13.8. The normalized spacial score (nSPS) is 17.9. The van der Waals surface area contributed by atoms with Crippen molar-refractivity contribution >= 4 is 35.6 Å². The monoisotopic (exact) mass is 344 g/mol. The molecule has 1 saturated heterocycles. The number of nitrogens with one attached hydrogen (secondary N) is 1. The van der Waals surface area contributed by atoms with Crippen molar-refractivity contribution in [3.8, 4) is 0 Å². The highest BCUT2D eigenvalue weighted by Gasteiger charge is 2.27. The second-order valence-electron chi connectivity index (χ2n) is 4.57. The number of hydrogen-bond donors (Lipinski definition) is 1. The lowest BCUT2D eigenvalue weighted by atomic mass is 10.0. The number of rotatable bonds is 4. The van der Waals surface area contributed by atoms with Crippen molar-refractivity contribution in [3.63, 3.8) is 0 Å². The van der Waals surface area contributed by atoms with Crippen molar-refractivity contribution in [3.05, 3.63) is 33.8 Å². The lowest BCUT2D eigenvalue weighted by Crippen LogP contribution is -2.45. The van der Waals surface area contributed by atoms with Gasteiger partial charge in [-0.3, -0.25) is 4.90 Å². The van der Waals surface area contributed by atoms with Gasteiger partial charge in [-0.2, -0.15) is 0 Å². The molecule has 0 saturated carbocycles. The van der Waals surface area contributed by atoms with Gasteiger partial charge in [-0.25, -0.2) is 8.78 Å². The van der Waals surface area contributed by atoms with E-state index in [1.165, 1.54) is 0 Å². The molecule has 1 aromatic rings. The Balaban J connectivity index is 0.00000200. The first-order valence-electron chi connectivity index (χ1n) is 6.26. The molecule has 0 bridgehead atoms. The van der Waals surface area contributed by atoms with Crippen LogP contribution in [0.4, 0.5) is 8.78 Å². The van der Waals surface area contributed by atoms with Gasteiger partial charge in [0.25, 0.3) is 0 Å². The molecule has 114 valence electrons. The molecule has 0 aliphatic carbocycles. The predicted molar refractivity (Wildman–Crippen MR) is 81.5 cm³/mol. The van der Waals surface area contributed by atoms with Crippen LogP contribution >= 0.6 is 35.6 Å². The van der Waals surface area contributed by atoms with Gasteiger partial charge in [0.15, 0.2) is 0 Å². The van der Waals surface area contributed by atoms with Crippen molar-refractivity contribution in [2.24, 2.45) is 0 Å². The summed E-state index contributed by atoms with van der Waals surface area (Å²) < 4.78 is 25.7. The van der Waals surface area contributed by atoms with E-state index < -0.39 is 6.43 Å². The largest absolute Gasteiger partial charge is 0.314 e. The van der Waals surface area contributed by atoms with Crippen LogP contribution in [0.2, 0.25) is 10.0 Å². The molecule has 7 heteroatoms. The SMILES string of the molecule is Cl.FC(F)C[C@@H](c1cccc(Cl)c1Cl)N1CCNCC1. The molecule has 0 unspecified atom stereocenters. The average Bonchev–Trinajstić information content (AvgIpc) is 2.40. The Bertz CT molecular complexity index is 426. The van der Waals surface area contributed by atoms with E-state index in [1.54, 1.807) is 18.2 Å². The number of benzene rings is 1. The zero-order valence-corrected chi connectivity index (χ0v) is 13.1. The fourth-order valence-corrected chi connectivity index (χ4v) is 2.85. The Kier molecular flexibility index (Phi) is 7.48. The smallest absolute Gasteiger partial charge is 0.240 e. The van der Waals surface area contributed by atoms with Crippen molar-refractivity contribution in [2.45, 2.75) is 18.9 Å². The van der Waals surface area contributed by atoms with Crippen molar-refractivity contribution in [2.75, 3.05) is 26.2 Å². The summed E-state index contributed by atoms with van der Waals surface area (Å²) in [6, 6.07) is 4.83. The molecule has 1 fully saturated rings. The minimum absolute atomic E-state index is 0. The molecule has 0 aromatic heterocycles. The maximum absolute atomic E-state index is 12.8. The molecule has 1 heterocycles. The Morgan fingerprint density at radius 2 is 1.85 bits per heavy atom. The fourth-order valence-electron chi connectivity index (χ4n) is 2.41. The van der Waals surface area contributed by atoms with Crippen LogP contribution in [0.25, 0.3) is 0 Å². The quantitative estimate of drug-likeness (QED) is 0.887. The van der Waals surface area contributed by atoms with E-state index in [2.05, 4.69) is 5.32 Å². The average molecular weight is 346 g/mol. The second kappa shape index (κ2) is 8.35. The van der Waals surface area contributed by atoms with Gasteiger partial charge in [-0.1, -0.05) is 35.3 Å². The number of hydrogen-bond acceptors (Lipinski definition) is 2. The molecule has 0 amide bonds. The zero-order valence-electron chi connectivity index (χ0n) is 10.8. The summed E-state index contributed by atoms with van der Waals surface area (Å²) >= 11 is 12.2. The van der Waals surface area contributed by atoms with Gasteiger partial charge < -0.3 is 5.32 Å². The molecule has 1 aromatic carbocycles. The molecule has 1 aliphatic rings. The van der Waals surface area contributed by atoms with Crippen molar-refractivity contribution in [1.82, 2.24) is 10.2 Å². The third-order valence-electron chi connectivity index (χ3n) is 3.33. The van der Waals surface area contributed by atoms with Crippen molar-refractivity contribution < 1.29 is 8.78 Å². The second-order valence-corrected chi connectivity index (χ2v) is 5.36. The van der Waals surface area contributed by atoms with E-state index in [0.717, 1.165) is 26.2 Å². The highest BCUT2D eigenvalue weighted by atomic mass is 35.5. The number of nitrogens with zero attached hydrogens (tertiary/aromatic N) is 1. The molecule has 20 heavy (non-hydrogen) atoms. The van der Waals surface area contributed by atoms with Crippen molar-refractivity contribution in [1.29, 1.82) is 0 Å². The first-order valence-corrected chi connectivity index (χ1v) is 7.02. The number of alkyl halides is 2. The lowest BCUT2D eigenvalue weighted by Gasteiger charge is -2.35. The molecule has 1 atom stereocenters. The highest BCUT2D eigenvalue weighted by Crippen LogP contribution is 2.35. The fraction of sp³-hybridized carbons (Fsp3) is 0.538. The third kappa shape index (κ3) is 4.43. The summed E-state index contributed by atoms with van der Waals surface area (Å²) in [4.78, 5) is 2.04. The molecular weight excluding hydrogens is 329 g/mol. The first-order chi connectivity index (χ1) is 9.09. The summed E-state index contributed by atoms with van der Waals surface area (Å²) in [5.74, 6) is 0. The van der Waals surface area contributed by atoms with Crippen LogP contribution in [-0.2, 0) is 0 Å². The van der Waals surface area contributed by atoms with E-state index in [1.807, 2.05) is 4.90 Å². The molecule has 2 nitrogen and oxygen atoms in total. The van der Waals surface area contributed by atoms with Crippen LogP contribution in [-0.4, -0.2) is 37.5 Å². The van der Waals surface area contributed by atoms with Crippen LogP contribution < -0.4 is 5.32 Å². The Hall–Kier alpha value is -0.130. The first kappa shape index (κ1) is 17.9. The van der Waals surface area contributed by atoms with Gasteiger partial charge in [-0.15, -0.1) is 12.4 Å². The standard InChI is InChI=1S/C13H16Cl2F2N2.ClH/c14-10-3-1-2-9(13(10)15)11(8-12(16)17)19-6-4-18-5-7-19;/h1-3,11-12,18H,4-8H2;1H/t11-;/m0./s1. The minimum atomic E-state index is -2.37. The topological polar surface area (TPSA) is 15.3 Å². The summed E-state index contributed by atoms with van der Waals surface area (Å²) in [6.07, 6.45) is -2.59. The van der Waals surface area contributed by atoms with Crippen LogP contribution in [0.15, 0.2) is 18.2 Å². The molecule has 2 rings (SSSR count). The van der Waals surface area contributed by atoms with Gasteiger partial charge in [-0.05, 0) is 11.6 Å².